The van der Waals surface area contributed by atoms with Gasteiger partial charge in [-0.05, 0) is 25.1 Å². The van der Waals surface area contributed by atoms with Gasteiger partial charge in [-0.25, -0.2) is 4.98 Å². The molecule has 0 spiro atoms. The van der Waals surface area contributed by atoms with E-state index in [-0.39, 0.29) is 5.91 Å². The number of aromatic nitrogens is 4. The van der Waals surface area contributed by atoms with E-state index in [9.17, 15) is 4.79 Å². The number of fused-ring (bicyclic) bond motifs is 1. The normalized spacial score (nSPS) is 11.0. The van der Waals surface area contributed by atoms with Gasteiger partial charge >= 0.3 is 0 Å². The standard InChI is InChI=1S/C23H23N5O/c1-16-21-19(23(29)27(2)14-12-18-11-7-8-13-24-18)15-20(17-9-5-4-6-10-17)25-22(21)28(3)26-16/h4-11,13,15H,12,14H2,1-3H3. The van der Waals surface area contributed by atoms with Crippen molar-refractivity contribution in [2.75, 3.05) is 13.6 Å². The zero-order valence-corrected chi connectivity index (χ0v) is 16.8. The minimum atomic E-state index is -0.0402. The first-order chi connectivity index (χ1) is 14.0. The van der Waals surface area contributed by atoms with Gasteiger partial charge in [0.25, 0.3) is 5.91 Å². The first-order valence-electron chi connectivity index (χ1n) is 9.59. The highest BCUT2D eigenvalue weighted by atomic mass is 16.2. The smallest absolute Gasteiger partial charge is 0.254 e. The molecule has 6 nitrogen and oxygen atoms in total. The Kier molecular flexibility index (Phi) is 5.08. The molecule has 1 amide bonds. The maximum Gasteiger partial charge on any atom is 0.254 e. The van der Waals surface area contributed by atoms with Crippen LogP contribution in [0.2, 0.25) is 0 Å². The quantitative estimate of drug-likeness (QED) is 0.526. The number of benzene rings is 1. The van der Waals surface area contributed by atoms with Gasteiger partial charge in [0.1, 0.15) is 0 Å². The Hall–Kier alpha value is -3.54. The van der Waals surface area contributed by atoms with Crippen LogP contribution in [0.25, 0.3) is 22.3 Å². The molecule has 0 fully saturated rings. The second kappa shape index (κ2) is 7.83. The van der Waals surface area contributed by atoms with Crippen LogP contribution in [0.3, 0.4) is 0 Å². The highest BCUT2D eigenvalue weighted by molar-refractivity contribution is 6.07. The fraction of sp³-hybridized carbons (Fsp3) is 0.217. The molecule has 146 valence electrons. The summed E-state index contributed by atoms with van der Waals surface area (Å²) in [6.07, 6.45) is 2.48. The number of hydrogen-bond donors (Lipinski definition) is 0. The average Bonchev–Trinajstić information content (AvgIpc) is 3.05. The molecule has 0 bridgehead atoms. The number of rotatable bonds is 5. The van der Waals surface area contributed by atoms with Crippen molar-refractivity contribution in [1.82, 2.24) is 24.6 Å². The van der Waals surface area contributed by atoms with E-state index in [1.165, 1.54) is 0 Å². The number of amides is 1. The summed E-state index contributed by atoms with van der Waals surface area (Å²) in [5, 5.41) is 5.30. The van der Waals surface area contributed by atoms with Crippen LogP contribution in [0.15, 0.2) is 60.8 Å². The lowest BCUT2D eigenvalue weighted by Crippen LogP contribution is -2.29. The number of likely N-dealkylation sites (N-methyl/N-ethyl adjacent to an activating group) is 1. The fourth-order valence-corrected chi connectivity index (χ4v) is 3.51. The van der Waals surface area contributed by atoms with Crippen LogP contribution in [0.4, 0.5) is 0 Å². The average molecular weight is 385 g/mol. The summed E-state index contributed by atoms with van der Waals surface area (Å²) in [5.74, 6) is -0.0402. The van der Waals surface area contributed by atoms with Gasteiger partial charge in [0.05, 0.1) is 22.3 Å². The minimum Gasteiger partial charge on any atom is -0.341 e. The first kappa shape index (κ1) is 18.8. The van der Waals surface area contributed by atoms with Crippen LogP contribution in [-0.4, -0.2) is 44.1 Å². The van der Waals surface area contributed by atoms with Crippen LogP contribution in [0.1, 0.15) is 21.7 Å². The second-order valence-electron chi connectivity index (χ2n) is 7.13. The summed E-state index contributed by atoms with van der Waals surface area (Å²) in [6, 6.07) is 17.6. The van der Waals surface area contributed by atoms with Gasteiger partial charge in [-0.15, -0.1) is 0 Å². The van der Waals surface area contributed by atoms with Crippen LogP contribution in [0.5, 0.6) is 0 Å². The van der Waals surface area contributed by atoms with Gasteiger partial charge in [-0.2, -0.15) is 5.10 Å². The SMILES string of the molecule is Cc1nn(C)c2nc(-c3ccccc3)cc(C(=O)N(C)CCc3ccccn3)c12. The molecule has 29 heavy (non-hydrogen) atoms. The topological polar surface area (TPSA) is 63.9 Å². The summed E-state index contributed by atoms with van der Waals surface area (Å²) in [6.45, 7) is 2.50. The molecular weight excluding hydrogens is 362 g/mol. The fourth-order valence-electron chi connectivity index (χ4n) is 3.51. The van der Waals surface area contributed by atoms with Crippen molar-refractivity contribution >= 4 is 16.9 Å². The molecule has 3 heterocycles. The van der Waals surface area contributed by atoms with Gasteiger partial charge in [0, 0.05) is 44.5 Å². The Morgan fingerprint density at radius 1 is 1.10 bits per heavy atom. The Morgan fingerprint density at radius 2 is 1.86 bits per heavy atom. The predicted molar refractivity (Wildman–Crippen MR) is 114 cm³/mol. The third-order valence-electron chi connectivity index (χ3n) is 5.04. The lowest BCUT2D eigenvalue weighted by molar-refractivity contribution is 0.0798. The second-order valence-corrected chi connectivity index (χ2v) is 7.13. The van der Waals surface area contributed by atoms with Gasteiger partial charge in [-0.3, -0.25) is 14.5 Å². The number of carbonyl (C=O) groups is 1. The van der Waals surface area contributed by atoms with Crippen molar-refractivity contribution in [3.05, 3.63) is 77.7 Å². The summed E-state index contributed by atoms with van der Waals surface area (Å²) in [7, 11) is 3.68. The molecule has 0 aliphatic heterocycles. The van der Waals surface area contributed by atoms with E-state index in [0.717, 1.165) is 28.0 Å². The maximum atomic E-state index is 13.4. The first-order valence-corrected chi connectivity index (χ1v) is 9.59. The number of nitrogens with zero attached hydrogens (tertiary/aromatic N) is 5. The van der Waals surface area contributed by atoms with Gasteiger partial charge in [-0.1, -0.05) is 36.4 Å². The molecule has 0 unspecified atom stereocenters. The molecule has 3 aromatic heterocycles. The molecule has 0 saturated heterocycles. The third kappa shape index (κ3) is 3.74. The molecule has 1 aromatic carbocycles. The number of aryl methyl sites for hydroxylation is 2. The Labute approximate surface area is 169 Å². The predicted octanol–water partition coefficient (Wildman–Crippen LogP) is 3.65. The monoisotopic (exact) mass is 385 g/mol. The molecule has 0 N–H and O–H groups in total. The number of carbonyl (C=O) groups excluding carboxylic acids is 1. The van der Waals surface area contributed by atoms with E-state index < -0.39 is 0 Å². The molecule has 4 rings (SSSR count). The van der Waals surface area contributed by atoms with Gasteiger partial charge < -0.3 is 4.90 Å². The molecule has 4 aromatic rings. The molecule has 0 radical (unpaired) electrons. The molecule has 0 atom stereocenters. The van der Waals surface area contributed by atoms with E-state index in [4.69, 9.17) is 4.98 Å². The molecule has 6 heteroatoms. The summed E-state index contributed by atoms with van der Waals surface area (Å²) in [5.41, 5.74) is 4.85. The Morgan fingerprint density at radius 3 is 2.59 bits per heavy atom. The van der Waals surface area contributed by atoms with Crippen molar-refractivity contribution in [2.45, 2.75) is 13.3 Å². The zero-order chi connectivity index (χ0) is 20.4. The molecule has 0 aliphatic rings. The van der Waals surface area contributed by atoms with Gasteiger partial charge in [0.2, 0.25) is 0 Å². The lowest BCUT2D eigenvalue weighted by Gasteiger charge is -2.18. The van der Waals surface area contributed by atoms with E-state index in [1.807, 2.05) is 75.6 Å². The molecular formula is C23H23N5O. The largest absolute Gasteiger partial charge is 0.341 e. The molecule has 0 saturated carbocycles. The summed E-state index contributed by atoms with van der Waals surface area (Å²) < 4.78 is 1.74. The Bertz CT molecular complexity index is 1150. The van der Waals surface area contributed by atoms with Crippen molar-refractivity contribution < 1.29 is 4.79 Å². The summed E-state index contributed by atoms with van der Waals surface area (Å²) >= 11 is 0. The van der Waals surface area contributed by atoms with E-state index in [2.05, 4.69) is 10.1 Å². The van der Waals surface area contributed by atoms with E-state index in [1.54, 1.807) is 15.8 Å². The highest BCUT2D eigenvalue weighted by Gasteiger charge is 2.21. The van der Waals surface area contributed by atoms with Crippen LogP contribution in [0, 0.1) is 6.92 Å². The van der Waals surface area contributed by atoms with Crippen molar-refractivity contribution in [2.24, 2.45) is 7.05 Å². The van der Waals surface area contributed by atoms with Crippen LogP contribution >= 0.6 is 0 Å². The number of hydrogen-bond acceptors (Lipinski definition) is 4. The van der Waals surface area contributed by atoms with Crippen molar-refractivity contribution in [3.8, 4) is 11.3 Å². The lowest BCUT2D eigenvalue weighted by atomic mass is 10.0. The van der Waals surface area contributed by atoms with E-state index >= 15 is 0 Å². The van der Waals surface area contributed by atoms with Crippen molar-refractivity contribution in [3.63, 3.8) is 0 Å². The van der Waals surface area contributed by atoms with Crippen LogP contribution in [-0.2, 0) is 13.5 Å². The maximum absolute atomic E-state index is 13.4. The van der Waals surface area contributed by atoms with Gasteiger partial charge in [0.15, 0.2) is 5.65 Å². The number of pyridine rings is 2. The third-order valence-corrected chi connectivity index (χ3v) is 5.04. The zero-order valence-electron chi connectivity index (χ0n) is 16.8. The Balaban J connectivity index is 1.72. The molecule has 0 aliphatic carbocycles. The van der Waals surface area contributed by atoms with E-state index in [0.29, 0.717) is 24.2 Å². The van der Waals surface area contributed by atoms with Crippen LogP contribution < -0.4 is 0 Å². The minimum absolute atomic E-state index is 0.0402. The summed E-state index contributed by atoms with van der Waals surface area (Å²) in [4.78, 5) is 24.2. The highest BCUT2D eigenvalue weighted by Crippen LogP contribution is 2.27. The van der Waals surface area contributed by atoms with Crippen molar-refractivity contribution in [1.29, 1.82) is 0 Å².